The monoisotopic (exact) mass is 244 g/mol. The zero-order valence-corrected chi connectivity index (χ0v) is 9.90. The van der Waals surface area contributed by atoms with E-state index < -0.39 is 0 Å². The lowest BCUT2D eigenvalue weighted by molar-refractivity contribution is 0.111. The van der Waals surface area contributed by atoms with Crippen molar-refractivity contribution in [3.05, 3.63) is 29.7 Å². The Labute approximate surface area is 104 Å². The molecule has 0 saturated heterocycles. The number of fused-ring (bicyclic) bond motifs is 1. The van der Waals surface area contributed by atoms with Crippen LogP contribution in [-0.2, 0) is 0 Å². The second-order valence-corrected chi connectivity index (χ2v) is 4.07. The second kappa shape index (κ2) is 4.18. The van der Waals surface area contributed by atoms with Gasteiger partial charge >= 0.3 is 0 Å². The molecule has 0 amide bonds. The van der Waals surface area contributed by atoms with Gasteiger partial charge in [-0.25, -0.2) is 4.98 Å². The molecule has 5 nitrogen and oxygen atoms in total. The number of carbonyl (C=O) groups is 1. The number of aryl methyl sites for hydroxylation is 1. The van der Waals surface area contributed by atoms with E-state index in [4.69, 9.17) is 9.47 Å². The van der Waals surface area contributed by atoms with Gasteiger partial charge < -0.3 is 14.5 Å². The van der Waals surface area contributed by atoms with Gasteiger partial charge in [0.2, 0.25) is 0 Å². The Hall–Kier alpha value is -2.30. The molecular formula is C13H12N2O3. The highest BCUT2D eigenvalue weighted by atomic mass is 16.6. The largest absolute Gasteiger partial charge is 0.486 e. The first-order valence-corrected chi connectivity index (χ1v) is 5.70. The summed E-state index contributed by atoms with van der Waals surface area (Å²) in [6.45, 7) is 3.00. The molecule has 0 atom stereocenters. The van der Waals surface area contributed by atoms with E-state index >= 15 is 0 Å². The number of benzene rings is 1. The lowest BCUT2D eigenvalue weighted by Crippen LogP contribution is -2.15. The lowest BCUT2D eigenvalue weighted by atomic mass is 10.1. The van der Waals surface area contributed by atoms with Crippen LogP contribution in [0, 0.1) is 6.92 Å². The fraction of sp³-hybridized carbons (Fsp3) is 0.231. The van der Waals surface area contributed by atoms with Crippen LogP contribution in [0.4, 0.5) is 0 Å². The minimum absolute atomic E-state index is 0.331. The molecule has 1 aromatic heterocycles. The number of nitrogens with zero attached hydrogens (tertiary/aromatic N) is 1. The maximum absolute atomic E-state index is 10.7. The number of ether oxygens (including phenoxy) is 2. The summed E-state index contributed by atoms with van der Waals surface area (Å²) in [6, 6.07) is 5.65. The van der Waals surface area contributed by atoms with Crippen LogP contribution in [0.2, 0.25) is 0 Å². The van der Waals surface area contributed by atoms with E-state index in [1.165, 1.54) is 0 Å². The molecular weight excluding hydrogens is 232 g/mol. The van der Waals surface area contributed by atoms with Crippen molar-refractivity contribution >= 4 is 6.29 Å². The van der Waals surface area contributed by atoms with Crippen molar-refractivity contribution in [3.63, 3.8) is 0 Å². The molecule has 1 aliphatic heterocycles. The Morgan fingerprint density at radius 1 is 1.28 bits per heavy atom. The van der Waals surface area contributed by atoms with Gasteiger partial charge in [-0.15, -0.1) is 0 Å². The predicted molar refractivity (Wildman–Crippen MR) is 65.1 cm³/mol. The molecule has 1 aliphatic rings. The SMILES string of the molecule is Cc1[nH]c(C=O)nc1-c1ccc2c(c1)OCCO2. The zero-order valence-electron chi connectivity index (χ0n) is 9.90. The average molecular weight is 244 g/mol. The summed E-state index contributed by atoms with van der Waals surface area (Å²) in [5.74, 6) is 1.79. The Balaban J connectivity index is 2.05. The number of hydrogen-bond donors (Lipinski definition) is 1. The smallest absolute Gasteiger partial charge is 0.185 e. The molecule has 0 saturated carbocycles. The molecule has 5 heteroatoms. The molecule has 1 aromatic carbocycles. The van der Waals surface area contributed by atoms with Crippen LogP contribution in [0.25, 0.3) is 11.3 Å². The molecule has 2 heterocycles. The van der Waals surface area contributed by atoms with Crippen molar-refractivity contribution in [3.8, 4) is 22.8 Å². The molecule has 0 radical (unpaired) electrons. The zero-order chi connectivity index (χ0) is 12.5. The molecule has 0 unspecified atom stereocenters. The Morgan fingerprint density at radius 2 is 2.06 bits per heavy atom. The number of H-pyrrole nitrogens is 1. The van der Waals surface area contributed by atoms with Gasteiger partial charge in [0.05, 0.1) is 5.69 Å². The number of aromatic nitrogens is 2. The topological polar surface area (TPSA) is 64.2 Å². The minimum Gasteiger partial charge on any atom is -0.486 e. The summed E-state index contributed by atoms with van der Waals surface area (Å²) in [7, 11) is 0. The summed E-state index contributed by atoms with van der Waals surface area (Å²) in [6.07, 6.45) is 0.703. The first kappa shape index (κ1) is 10.8. The van der Waals surface area contributed by atoms with E-state index in [-0.39, 0.29) is 0 Å². The van der Waals surface area contributed by atoms with Gasteiger partial charge in [-0.1, -0.05) is 0 Å². The van der Waals surface area contributed by atoms with Crippen LogP contribution in [-0.4, -0.2) is 29.5 Å². The highest BCUT2D eigenvalue weighted by Crippen LogP contribution is 2.34. The Morgan fingerprint density at radius 3 is 2.78 bits per heavy atom. The second-order valence-electron chi connectivity index (χ2n) is 4.07. The van der Waals surface area contributed by atoms with E-state index in [1.54, 1.807) is 0 Å². The van der Waals surface area contributed by atoms with E-state index in [0.29, 0.717) is 31.1 Å². The third-order valence-electron chi connectivity index (χ3n) is 2.83. The van der Waals surface area contributed by atoms with Crippen LogP contribution in [0.5, 0.6) is 11.5 Å². The van der Waals surface area contributed by atoms with Crippen LogP contribution >= 0.6 is 0 Å². The third-order valence-corrected chi connectivity index (χ3v) is 2.83. The van der Waals surface area contributed by atoms with Crippen molar-refractivity contribution in [1.82, 2.24) is 9.97 Å². The summed E-state index contributed by atoms with van der Waals surface area (Å²) >= 11 is 0. The quantitative estimate of drug-likeness (QED) is 0.820. The van der Waals surface area contributed by atoms with Gasteiger partial charge in [0.1, 0.15) is 13.2 Å². The number of rotatable bonds is 2. The number of hydrogen-bond acceptors (Lipinski definition) is 4. The summed E-state index contributed by atoms with van der Waals surface area (Å²) < 4.78 is 11.0. The van der Waals surface area contributed by atoms with Gasteiger partial charge in [0.25, 0.3) is 0 Å². The van der Waals surface area contributed by atoms with Gasteiger partial charge in [-0.2, -0.15) is 0 Å². The number of aromatic amines is 1. The van der Waals surface area contributed by atoms with Crippen LogP contribution < -0.4 is 9.47 Å². The lowest BCUT2D eigenvalue weighted by Gasteiger charge is -2.18. The van der Waals surface area contributed by atoms with Crippen LogP contribution in [0.15, 0.2) is 18.2 Å². The predicted octanol–water partition coefficient (Wildman–Crippen LogP) is 1.97. The molecule has 0 aliphatic carbocycles. The Kier molecular flexibility index (Phi) is 2.51. The van der Waals surface area contributed by atoms with Gasteiger partial charge in [0.15, 0.2) is 23.6 Å². The number of aldehydes is 1. The summed E-state index contributed by atoms with van der Waals surface area (Å²) in [5, 5.41) is 0. The molecule has 92 valence electrons. The maximum atomic E-state index is 10.7. The van der Waals surface area contributed by atoms with Crippen molar-refractivity contribution in [1.29, 1.82) is 0 Å². The van der Waals surface area contributed by atoms with Crippen molar-refractivity contribution in [2.45, 2.75) is 6.92 Å². The molecule has 0 fully saturated rings. The standard InChI is InChI=1S/C13H12N2O3/c1-8-13(15-12(7-16)14-8)9-2-3-10-11(6-9)18-5-4-17-10/h2-3,6-7H,4-5H2,1H3,(H,14,15). The number of nitrogens with one attached hydrogen (secondary N) is 1. The van der Waals surface area contributed by atoms with Gasteiger partial charge in [-0.3, -0.25) is 4.79 Å². The molecule has 1 N–H and O–H groups in total. The molecule has 3 rings (SSSR count). The first-order chi connectivity index (χ1) is 8.78. The van der Waals surface area contributed by atoms with Crippen molar-refractivity contribution in [2.24, 2.45) is 0 Å². The van der Waals surface area contributed by atoms with Gasteiger partial charge in [-0.05, 0) is 25.1 Å². The molecule has 2 aromatic rings. The molecule has 0 bridgehead atoms. The van der Waals surface area contributed by atoms with E-state index in [0.717, 1.165) is 22.7 Å². The van der Waals surface area contributed by atoms with Gasteiger partial charge in [0, 0.05) is 11.3 Å². The third kappa shape index (κ3) is 1.73. The van der Waals surface area contributed by atoms with Crippen LogP contribution in [0.1, 0.15) is 16.3 Å². The van der Waals surface area contributed by atoms with Crippen LogP contribution in [0.3, 0.4) is 0 Å². The van der Waals surface area contributed by atoms with E-state index in [9.17, 15) is 4.79 Å². The fourth-order valence-corrected chi connectivity index (χ4v) is 2.01. The summed E-state index contributed by atoms with van der Waals surface area (Å²) in [4.78, 5) is 17.8. The fourth-order valence-electron chi connectivity index (χ4n) is 2.01. The number of carbonyl (C=O) groups excluding carboxylic acids is 1. The van der Waals surface area contributed by atoms with Crippen molar-refractivity contribution in [2.75, 3.05) is 13.2 Å². The van der Waals surface area contributed by atoms with Crippen molar-refractivity contribution < 1.29 is 14.3 Å². The van der Waals surface area contributed by atoms with E-state index in [1.807, 2.05) is 25.1 Å². The normalized spacial score (nSPS) is 13.4. The van der Waals surface area contributed by atoms with E-state index in [2.05, 4.69) is 9.97 Å². The minimum atomic E-state index is 0.331. The maximum Gasteiger partial charge on any atom is 0.185 e. The first-order valence-electron chi connectivity index (χ1n) is 5.70. The molecule has 18 heavy (non-hydrogen) atoms. The Bertz CT molecular complexity index is 604. The average Bonchev–Trinajstić information content (AvgIpc) is 2.79. The highest BCUT2D eigenvalue weighted by Gasteiger charge is 2.15. The summed E-state index contributed by atoms with van der Waals surface area (Å²) in [5.41, 5.74) is 2.52. The molecule has 0 spiro atoms. The number of imidazole rings is 1. The highest BCUT2D eigenvalue weighted by molar-refractivity contribution is 5.74.